The second-order valence-corrected chi connectivity index (χ2v) is 5.59. The van der Waals surface area contributed by atoms with Crippen LogP contribution in [0.4, 0.5) is 4.79 Å². The average molecular weight is 242 g/mol. The zero-order valence-corrected chi connectivity index (χ0v) is 10.6. The molecule has 2 rings (SSSR count). The third kappa shape index (κ3) is 2.90. The van der Waals surface area contributed by atoms with Gasteiger partial charge in [0, 0.05) is 25.2 Å². The molecule has 0 aromatic heterocycles. The van der Waals surface area contributed by atoms with Gasteiger partial charge in [-0.2, -0.15) is 0 Å². The van der Waals surface area contributed by atoms with Gasteiger partial charge in [-0.15, -0.1) is 0 Å². The van der Waals surface area contributed by atoms with E-state index >= 15 is 0 Å². The van der Waals surface area contributed by atoms with Gasteiger partial charge in [0.15, 0.2) is 0 Å². The Morgan fingerprint density at radius 1 is 1.41 bits per heavy atom. The van der Waals surface area contributed by atoms with E-state index in [1.165, 1.54) is 0 Å². The maximum atomic E-state index is 11.5. The van der Waals surface area contributed by atoms with Crippen molar-refractivity contribution in [2.45, 2.75) is 50.8 Å². The van der Waals surface area contributed by atoms with E-state index in [2.05, 4.69) is 5.32 Å². The number of nitrogens with zero attached hydrogens (tertiary/aromatic N) is 1. The van der Waals surface area contributed by atoms with Gasteiger partial charge >= 0.3 is 6.09 Å². The Bertz CT molecular complexity index is 287. The van der Waals surface area contributed by atoms with E-state index in [1.54, 1.807) is 4.90 Å². The molecule has 2 aliphatic heterocycles. The Hall–Kier alpha value is -0.810. The third-order valence-electron chi connectivity index (χ3n) is 3.71. The summed E-state index contributed by atoms with van der Waals surface area (Å²) in [4.78, 5) is 13.1. The van der Waals surface area contributed by atoms with Crippen molar-refractivity contribution in [3.63, 3.8) is 0 Å². The lowest BCUT2D eigenvalue weighted by Crippen LogP contribution is -2.52. The number of hydrogen-bond donors (Lipinski definition) is 2. The minimum Gasteiger partial charge on any atom is -0.465 e. The molecule has 5 heteroatoms. The molecule has 98 valence electrons. The van der Waals surface area contributed by atoms with Gasteiger partial charge in [0.05, 0.1) is 5.60 Å². The average Bonchev–Trinajstić information content (AvgIpc) is 2.69. The van der Waals surface area contributed by atoms with Crippen LogP contribution in [0.3, 0.4) is 0 Å². The lowest BCUT2D eigenvalue weighted by atomic mass is 9.92. The van der Waals surface area contributed by atoms with Crippen molar-refractivity contribution in [3.8, 4) is 0 Å². The van der Waals surface area contributed by atoms with Crippen LogP contribution in [0, 0.1) is 0 Å². The summed E-state index contributed by atoms with van der Waals surface area (Å²) in [5.74, 6) is 0. The Labute approximate surface area is 102 Å². The molecule has 2 aliphatic rings. The summed E-state index contributed by atoms with van der Waals surface area (Å²) in [6, 6.07) is 0.229. The van der Waals surface area contributed by atoms with E-state index in [4.69, 9.17) is 4.74 Å². The molecule has 0 aromatic rings. The molecule has 2 unspecified atom stereocenters. The van der Waals surface area contributed by atoms with Gasteiger partial charge in [-0.05, 0) is 39.7 Å². The van der Waals surface area contributed by atoms with E-state index in [9.17, 15) is 9.90 Å². The minimum absolute atomic E-state index is 0.0983. The second-order valence-electron chi connectivity index (χ2n) is 5.59. The molecule has 17 heavy (non-hydrogen) atoms. The molecule has 0 aliphatic carbocycles. The molecule has 2 fully saturated rings. The summed E-state index contributed by atoms with van der Waals surface area (Å²) in [6.45, 7) is 6.42. The lowest BCUT2D eigenvalue weighted by Gasteiger charge is -2.42. The van der Waals surface area contributed by atoms with Crippen molar-refractivity contribution in [2.75, 3.05) is 19.7 Å². The monoisotopic (exact) mass is 242 g/mol. The summed E-state index contributed by atoms with van der Waals surface area (Å²) < 4.78 is 5.65. The molecule has 5 nitrogen and oxygen atoms in total. The van der Waals surface area contributed by atoms with E-state index in [0.29, 0.717) is 6.61 Å². The SMILES string of the molecule is CC1(C)CC(N(C(=O)O)C2CCNC2)CCO1. The second kappa shape index (κ2) is 4.82. The fraction of sp³-hybridized carbons (Fsp3) is 0.917. The van der Waals surface area contributed by atoms with Gasteiger partial charge in [0.25, 0.3) is 0 Å². The van der Waals surface area contributed by atoms with Crippen LogP contribution in [-0.2, 0) is 4.74 Å². The summed E-state index contributed by atoms with van der Waals surface area (Å²) in [5.41, 5.74) is -0.206. The molecule has 2 saturated heterocycles. The molecule has 2 N–H and O–H groups in total. The number of carbonyl (C=O) groups is 1. The van der Waals surface area contributed by atoms with Crippen molar-refractivity contribution in [1.82, 2.24) is 10.2 Å². The molecule has 0 bridgehead atoms. The number of amides is 1. The molecule has 1 amide bonds. The molecular weight excluding hydrogens is 220 g/mol. The highest BCUT2D eigenvalue weighted by Crippen LogP contribution is 2.29. The van der Waals surface area contributed by atoms with Crippen molar-refractivity contribution in [1.29, 1.82) is 0 Å². The fourth-order valence-corrected chi connectivity index (χ4v) is 2.92. The van der Waals surface area contributed by atoms with Gasteiger partial charge in [0.1, 0.15) is 0 Å². The van der Waals surface area contributed by atoms with E-state index in [1.807, 2.05) is 13.8 Å². The highest BCUT2D eigenvalue weighted by molar-refractivity contribution is 5.66. The zero-order chi connectivity index (χ0) is 12.5. The van der Waals surface area contributed by atoms with Crippen LogP contribution < -0.4 is 5.32 Å². The highest BCUT2D eigenvalue weighted by atomic mass is 16.5. The molecule has 0 radical (unpaired) electrons. The first-order valence-corrected chi connectivity index (χ1v) is 6.35. The van der Waals surface area contributed by atoms with Crippen LogP contribution in [0.1, 0.15) is 33.1 Å². The first-order chi connectivity index (χ1) is 7.99. The minimum atomic E-state index is -0.790. The molecule has 0 aromatic carbocycles. The molecular formula is C12H22N2O3. The van der Waals surface area contributed by atoms with Gasteiger partial charge in [0.2, 0.25) is 0 Å². The number of ether oxygens (including phenoxy) is 1. The molecule has 0 saturated carbocycles. The maximum Gasteiger partial charge on any atom is 0.407 e. The quantitative estimate of drug-likeness (QED) is 0.766. The third-order valence-corrected chi connectivity index (χ3v) is 3.71. The normalized spacial score (nSPS) is 32.4. The van der Waals surface area contributed by atoms with Crippen LogP contribution >= 0.6 is 0 Å². The molecule has 0 spiro atoms. The predicted octanol–water partition coefficient (Wildman–Crippen LogP) is 1.29. The smallest absolute Gasteiger partial charge is 0.407 e. The highest BCUT2D eigenvalue weighted by Gasteiger charge is 2.38. The molecule has 2 heterocycles. The van der Waals surface area contributed by atoms with Crippen molar-refractivity contribution in [3.05, 3.63) is 0 Å². The number of hydrogen-bond acceptors (Lipinski definition) is 3. The van der Waals surface area contributed by atoms with Crippen molar-refractivity contribution < 1.29 is 14.6 Å². The van der Waals surface area contributed by atoms with Crippen LogP contribution in [0.5, 0.6) is 0 Å². The fourth-order valence-electron chi connectivity index (χ4n) is 2.92. The molecule has 2 atom stereocenters. The van der Waals surface area contributed by atoms with Crippen LogP contribution in [0.2, 0.25) is 0 Å². The van der Waals surface area contributed by atoms with Crippen LogP contribution in [-0.4, -0.2) is 53.5 Å². The summed E-state index contributed by atoms with van der Waals surface area (Å²) in [7, 11) is 0. The van der Waals surface area contributed by atoms with Gasteiger partial charge in [-0.3, -0.25) is 0 Å². The first-order valence-electron chi connectivity index (χ1n) is 6.35. The summed E-state index contributed by atoms with van der Waals surface area (Å²) in [5, 5.41) is 12.6. The number of nitrogens with one attached hydrogen (secondary N) is 1. The summed E-state index contributed by atoms with van der Waals surface area (Å²) in [6.07, 6.45) is 1.73. The maximum absolute atomic E-state index is 11.5. The number of rotatable bonds is 2. The Kier molecular flexibility index (Phi) is 3.58. The Morgan fingerprint density at radius 3 is 2.71 bits per heavy atom. The van der Waals surface area contributed by atoms with Gasteiger partial charge in [-0.1, -0.05) is 0 Å². The van der Waals surface area contributed by atoms with E-state index in [-0.39, 0.29) is 17.7 Å². The van der Waals surface area contributed by atoms with Crippen molar-refractivity contribution in [2.24, 2.45) is 0 Å². The van der Waals surface area contributed by atoms with Crippen LogP contribution in [0.25, 0.3) is 0 Å². The van der Waals surface area contributed by atoms with Crippen molar-refractivity contribution >= 4 is 6.09 Å². The largest absolute Gasteiger partial charge is 0.465 e. The predicted molar refractivity (Wildman–Crippen MR) is 64.2 cm³/mol. The van der Waals surface area contributed by atoms with Gasteiger partial charge < -0.3 is 20.1 Å². The van der Waals surface area contributed by atoms with E-state index in [0.717, 1.165) is 32.4 Å². The lowest BCUT2D eigenvalue weighted by molar-refractivity contribution is -0.0831. The summed E-state index contributed by atoms with van der Waals surface area (Å²) >= 11 is 0. The zero-order valence-electron chi connectivity index (χ0n) is 10.6. The number of carboxylic acid groups (broad SMARTS) is 1. The first kappa shape index (κ1) is 12.6. The van der Waals surface area contributed by atoms with Crippen LogP contribution in [0.15, 0.2) is 0 Å². The van der Waals surface area contributed by atoms with Gasteiger partial charge in [-0.25, -0.2) is 4.79 Å². The Balaban J connectivity index is 2.07. The van der Waals surface area contributed by atoms with E-state index < -0.39 is 6.09 Å². The Morgan fingerprint density at radius 2 is 2.18 bits per heavy atom. The standard InChI is InChI=1S/C12H22N2O3/c1-12(2)7-9(4-6-17-12)14(11(15)16)10-3-5-13-8-10/h9-10,13H,3-8H2,1-2H3,(H,15,16). The topological polar surface area (TPSA) is 61.8 Å².